The smallest absolute Gasteiger partial charge is 0.176 e. The van der Waals surface area contributed by atoms with Gasteiger partial charge in [-0.15, -0.1) is 0 Å². The summed E-state index contributed by atoms with van der Waals surface area (Å²) < 4.78 is 10.6. The largest absolute Gasteiger partial charge is 0.307 e. The standard InChI is InChI=1S/C78H51N7/c1-48-23-9-17-35-65(48)82-67-37-19-12-30-55(67)59-43-45-61-57-32-14-21-39-69(57)84(73(61)71(59)82)78(85-70-40-22-15-33-58(70)62-46-44-60-56-31-13-20-38-68(56)83(72(60)74(62)85)66-36-18-10-24-49(66)2)63-34-16-11-29-53(63)54-42-41-52(47-64(54)78)77-80-75(50-25-5-3-6-26-50)79-76(81-77)51-27-7-4-8-28-51/h3-47H,1-2H3. The number of para-hydroxylation sites is 6. The third-order valence-corrected chi connectivity index (χ3v) is 18.2. The van der Waals surface area contributed by atoms with Gasteiger partial charge < -0.3 is 18.3 Å². The number of aromatic nitrogens is 7. The number of hydrogen-bond donors (Lipinski definition) is 0. The van der Waals surface area contributed by atoms with Crippen molar-refractivity contribution in [2.24, 2.45) is 0 Å². The molecule has 0 bridgehead atoms. The summed E-state index contributed by atoms with van der Waals surface area (Å²) in [5.41, 5.74) is 19.8. The molecule has 5 heterocycles. The fraction of sp³-hybridized carbons (Fsp3) is 0.0385. The monoisotopic (exact) mass is 1090 g/mol. The topological polar surface area (TPSA) is 58.4 Å². The summed E-state index contributed by atoms with van der Waals surface area (Å²) in [6.45, 7) is 4.48. The molecule has 85 heavy (non-hydrogen) atoms. The molecule has 17 aromatic rings. The van der Waals surface area contributed by atoms with Crippen molar-refractivity contribution in [3.63, 3.8) is 0 Å². The van der Waals surface area contributed by atoms with Crippen molar-refractivity contribution in [1.82, 2.24) is 33.2 Å². The molecule has 5 aromatic heterocycles. The van der Waals surface area contributed by atoms with Crippen LogP contribution in [-0.2, 0) is 5.66 Å². The molecule has 1 aliphatic carbocycles. The maximum Gasteiger partial charge on any atom is 0.176 e. The molecule has 0 saturated heterocycles. The highest BCUT2D eigenvalue weighted by molar-refractivity contribution is 6.26. The Morgan fingerprint density at radius 1 is 0.271 bits per heavy atom. The summed E-state index contributed by atoms with van der Waals surface area (Å²) in [7, 11) is 0. The van der Waals surface area contributed by atoms with E-state index in [1.807, 2.05) is 36.4 Å². The SMILES string of the molecule is Cc1ccccc1-n1c2ccccc2c2ccc3c4ccccc4n(C4(n5c6ccccc6c6ccc7c8ccccc8n(-c8ccccc8C)c7c65)c5ccccc5-c5ccc(-c6nc(-c7ccccc7)nc(-c7ccccc7)n6)cc54)c3c21. The van der Waals surface area contributed by atoms with Gasteiger partial charge in [-0.1, -0.05) is 231 Å². The molecule has 0 aliphatic heterocycles. The Labute approximate surface area is 489 Å². The summed E-state index contributed by atoms with van der Waals surface area (Å²) in [6, 6.07) is 100. The molecule has 7 heteroatoms. The fourth-order valence-electron chi connectivity index (χ4n) is 14.7. The zero-order valence-electron chi connectivity index (χ0n) is 46.6. The molecule has 0 spiro atoms. The maximum absolute atomic E-state index is 5.44. The van der Waals surface area contributed by atoms with E-state index in [2.05, 4.69) is 269 Å². The predicted octanol–water partition coefficient (Wildman–Crippen LogP) is 19.2. The zero-order chi connectivity index (χ0) is 56.1. The van der Waals surface area contributed by atoms with E-state index in [9.17, 15) is 0 Å². The molecule has 0 fully saturated rings. The third-order valence-electron chi connectivity index (χ3n) is 18.2. The van der Waals surface area contributed by atoms with Gasteiger partial charge in [0.2, 0.25) is 0 Å². The van der Waals surface area contributed by atoms with Gasteiger partial charge in [0.05, 0.1) is 44.1 Å². The second kappa shape index (κ2) is 17.9. The first kappa shape index (κ1) is 47.5. The van der Waals surface area contributed by atoms with E-state index in [-0.39, 0.29) is 0 Å². The average Bonchev–Trinajstić information content (AvgIpc) is 1.51. The lowest BCUT2D eigenvalue weighted by atomic mass is 9.92. The Balaban J connectivity index is 1.10. The highest BCUT2D eigenvalue weighted by Gasteiger charge is 2.51. The summed E-state index contributed by atoms with van der Waals surface area (Å²) in [5, 5.41) is 9.42. The normalized spacial score (nSPS) is 12.9. The maximum atomic E-state index is 5.44. The van der Waals surface area contributed by atoms with Crippen LogP contribution in [0.4, 0.5) is 0 Å². The van der Waals surface area contributed by atoms with Crippen LogP contribution < -0.4 is 0 Å². The van der Waals surface area contributed by atoms with E-state index in [1.165, 1.54) is 54.2 Å². The molecular weight excluding hydrogens is 1030 g/mol. The van der Waals surface area contributed by atoms with E-state index in [4.69, 9.17) is 15.0 Å². The van der Waals surface area contributed by atoms with Crippen LogP contribution in [0.2, 0.25) is 0 Å². The lowest BCUT2D eigenvalue weighted by molar-refractivity contribution is 0.416. The van der Waals surface area contributed by atoms with Gasteiger partial charge in [0.1, 0.15) is 0 Å². The number of aryl methyl sites for hydroxylation is 2. The van der Waals surface area contributed by atoms with Gasteiger partial charge in [0.15, 0.2) is 23.1 Å². The van der Waals surface area contributed by atoms with Crippen molar-refractivity contribution >= 4 is 87.2 Å². The minimum atomic E-state index is -1.18. The van der Waals surface area contributed by atoms with Gasteiger partial charge in [0, 0.05) is 82.3 Å². The van der Waals surface area contributed by atoms with Crippen molar-refractivity contribution in [1.29, 1.82) is 0 Å². The molecule has 0 unspecified atom stereocenters. The average molecular weight is 1090 g/mol. The van der Waals surface area contributed by atoms with E-state index in [0.29, 0.717) is 17.5 Å². The first-order valence-corrected chi connectivity index (χ1v) is 29.2. The number of benzene rings is 12. The van der Waals surface area contributed by atoms with Crippen LogP contribution in [-0.4, -0.2) is 33.2 Å². The molecular formula is C78H51N7. The van der Waals surface area contributed by atoms with Crippen LogP contribution in [0, 0.1) is 13.8 Å². The Hall–Kier alpha value is -11.2. The quantitative estimate of drug-likeness (QED) is 0.160. The molecule has 398 valence electrons. The van der Waals surface area contributed by atoms with Crippen LogP contribution in [0.25, 0.3) is 144 Å². The summed E-state index contributed by atoms with van der Waals surface area (Å²) in [4.78, 5) is 16.1. The van der Waals surface area contributed by atoms with Gasteiger partial charge in [-0.2, -0.15) is 0 Å². The Morgan fingerprint density at radius 3 is 1.12 bits per heavy atom. The molecule has 0 saturated carbocycles. The van der Waals surface area contributed by atoms with E-state index in [0.717, 1.165) is 94.5 Å². The van der Waals surface area contributed by atoms with Crippen LogP contribution >= 0.6 is 0 Å². The second-order valence-electron chi connectivity index (χ2n) is 22.7. The molecule has 0 atom stereocenters. The van der Waals surface area contributed by atoms with Crippen molar-refractivity contribution in [2.75, 3.05) is 0 Å². The van der Waals surface area contributed by atoms with E-state index in [1.54, 1.807) is 0 Å². The molecule has 7 nitrogen and oxygen atoms in total. The van der Waals surface area contributed by atoms with Gasteiger partial charge >= 0.3 is 0 Å². The van der Waals surface area contributed by atoms with Crippen molar-refractivity contribution in [2.45, 2.75) is 19.5 Å². The Kier molecular flexibility index (Phi) is 10.0. The molecule has 12 aromatic carbocycles. The van der Waals surface area contributed by atoms with E-state index < -0.39 is 5.66 Å². The van der Waals surface area contributed by atoms with Gasteiger partial charge in [-0.05, 0) is 78.6 Å². The molecule has 0 radical (unpaired) electrons. The van der Waals surface area contributed by atoms with Crippen LogP contribution in [0.5, 0.6) is 0 Å². The Morgan fingerprint density at radius 2 is 0.635 bits per heavy atom. The van der Waals surface area contributed by atoms with E-state index >= 15 is 0 Å². The summed E-state index contributed by atoms with van der Waals surface area (Å²) >= 11 is 0. The molecule has 0 amide bonds. The third kappa shape index (κ3) is 6.52. The molecule has 1 aliphatic rings. The molecule has 0 N–H and O–H groups in total. The fourth-order valence-corrected chi connectivity index (χ4v) is 14.7. The minimum Gasteiger partial charge on any atom is -0.307 e. The highest BCUT2D eigenvalue weighted by atomic mass is 15.3. The van der Waals surface area contributed by atoms with Crippen molar-refractivity contribution in [3.8, 4) is 56.7 Å². The lowest BCUT2D eigenvalue weighted by Crippen LogP contribution is -2.42. The lowest BCUT2D eigenvalue weighted by Gasteiger charge is -2.39. The number of hydrogen-bond acceptors (Lipinski definition) is 3. The second-order valence-corrected chi connectivity index (χ2v) is 22.7. The minimum absolute atomic E-state index is 0.592. The summed E-state index contributed by atoms with van der Waals surface area (Å²) in [6.07, 6.45) is 0. The van der Waals surface area contributed by atoms with Crippen LogP contribution in [0.3, 0.4) is 0 Å². The molecule has 18 rings (SSSR count). The van der Waals surface area contributed by atoms with Crippen LogP contribution in [0.1, 0.15) is 22.3 Å². The Bertz CT molecular complexity index is 5350. The van der Waals surface area contributed by atoms with Crippen molar-refractivity contribution < 1.29 is 0 Å². The number of fused-ring (bicyclic) bond motifs is 17. The predicted molar refractivity (Wildman–Crippen MR) is 350 cm³/mol. The first-order valence-electron chi connectivity index (χ1n) is 29.2. The van der Waals surface area contributed by atoms with Gasteiger partial charge in [0.25, 0.3) is 0 Å². The van der Waals surface area contributed by atoms with Crippen LogP contribution in [0.15, 0.2) is 273 Å². The summed E-state index contributed by atoms with van der Waals surface area (Å²) in [5.74, 6) is 1.82. The van der Waals surface area contributed by atoms with Gasteiger partial charge in [-0.25, -0.2) is 15.0 Å². The van der Waals surface area contributed by atoms with Crippen molar-refractivity contribution in [3.05, 3.63) is 295 Å². The number of rotatable bonds is 7. The first-order chi connectivity index (χ1) is 42.0. The zero-order valence-corrected chi connectivity index (χ0v) is 46.6. The van der Waals surface area contributed by atoms with Gasteiger partial charge in [-0.3, -0.25) is 0 Å². The number of nitrogens with zero attached hydrogens (tertiary/aromatic N) is 7. The highest BCUT2D eigenvalue weighted by Crippen LogP contribution is 2.58.